The molecule has 0 aromatic carbocycles. The predicted octanol–water partition coefficient (Wildman–Crippen LogP) is 1.95. The SMILES string of the molecule is CC(C)OC(=O)c1cccnc1N1CCC(C)(C(=O)O)C1. The number of carbonyl (C=O) groups excluding carboxylic acids is 1. The zero-order chi connectivity index (χ0) is 15.6. The number of carbonyl (C=O) groups is 2. The van der Waals surface area contributed by atoms with Crippen molar-refractivity contribution in [3.05, 3.63) is 23.9 Å². The Morgan fingerprint density at radius 2 is 2.19 bits per heavy atom. The largest absolute Gasteiger partial charge is 0.481 e. The van der Waals surface area contributed by atoms with Gasteiger partial charge in [-0.15, -0.1) is 0 Å². The minimum atomic E-state index is -0.827. The molecular weight excluding hydrogens is 272 g/mol. The van der Waals surface area contributed by atoms with Gasteiger partial charge in [0.2, 0.25) is 0 Å². The van der Waals surface area contributed by atoms with Gasteiger partial charge in [-0.1, -0.05) is 0 Å². The van der Waals surface area contributed by atoms with Crippen molar-refractivity contribution in [3.8, 4) is 0 Å². The number of ether oxygens (including phenoxy) is 1. The fraction of sp³-hybridized carbons (Fsp3) is 0.533. The van der Waals surface area contributed by atoms with Crippen molar-refractivity contribution in [2.75, 3.05) is 18.0 Å². The van der Waals surface area contributed by atoms with E-state index in [2.05, 4.69) is 4.98 Å². The molecule has 1 aliphatic heterocycles. The molecule has 1 N–H and O–H groups in total. The van der Waals surface area contributed by atoms with Crippen molar-refractivity contribution < 1.29 is 19.4 Å². The number of esters is 1. The van der Waals surface area contributed by atoms with Crippen LogP contribution in [0, 0.1) is 5.41 Å². The number of carboxylic acids is 1. The summed E-state index contributed by atoms with van der Waals surface area (Å²) in [5, 5.41) is 9.30. The monoisotopic (exact) mass is 292 g/mol. The molecule has 0 aliphatic carbocycles. The molecule has 1 unspecified atom stereocenters. The summed E-state index contributed by atoms with van der Waals surface area (Å²) in [4.78, 5) is 29.5. The molecule has 0 radical (unpaired) electrons. The molecule has 1 aliphatic rings. The number of carboxylic acid groups (broad SMARTS) is 1. The molecule has 0 amide bonds. The highest BCUT2D eigenvalue weighted by Gasteiger charge is 2.41. The topological polar surface area (TPSA) is 79.7 Å². The molecule has 0 bridgehead atoms. The van der Waals surface area contributed by atoms with Crippen molar-refractivity contribution in [1.82, 2.24) is 4.98 Å². The molecule has 1 fully saturated rings. The summed E-state index contributed by atoms with van der Waals surface area (Å²) in [7, 11) is 0. The lowest BCUT2D eigenvalue weighted by Gasteiger charge is -2.22. The van der Waals surface area contributed by atoms with Gasteiger partial charge in [0.25, 0.3) is 0 Å². The third-order valence-electron chi connectivity index (χ3n) is 3.64. The average molecular weight is 292 g/mol. The molecule has 1 aromatic heterocycles. The molecule has 2 rings (SSSR count). The number of hydrogen-bond donors (Lipinski definition) is 1. The molecule has 114 valence electrons. The molecule has 6 heteroatoms. The summed E-state index contributed by atoms with van der Waals surface area (Å²) >= 11 is 0. The third kappa shape index (κ3) is 3.15. The van der Waals surface area contributed by atoms with Crippen molar-refractivity contribution in [2.45, 2.75) is 33.3 Å². The van der Waals surface area contributed by atoms with Crippen molar-refractivity contribution in [2.24, 2.45) is 5.41 Å². The van der Waals surface area contributed by atoms with Crippen LogP contribution in [0.1, 0.15) is 37.6 Å². The Morgan fingerprint density at radius 1 is 1.48 bits per heavy atom. The third-order valence-corrected chi connectivity index (χ3v) is 3.64. The van der Waals surface area contributed by atoms with Crippen molar-refractivity contribution >= 4 is 17.8 Å². The van der Waals surface area contributed by atoms with Gasteiger partial charge in [-0.2, -0.15) is 0 Å². The minimum absolute atomic E-state index is 0.214. The number of hydrogen-bond acceptors (Lipinski definition) is 5. The first-order valence-electron chi connectivity index (χ1n) is 6.98. The second-order valence-corrected chi connectivity index (χ2v) is 5.87. The highest BCUT2D eigenvalue weighted by Crippen LogP contribution is 2.34. The summed E-state index contributed by atoms with van der Waals surface area (Å²) in [6, 6.07) is 3.33. The number of aromatic nitrogens is 1. The molecule has 0 spiro atoms. The van der Waals surface area contributed by atoms with Crippen LogP contribution in [0.3, 0.4) is 0 Å². The predicted molar refractivity (Wildman–Crippen MR) is 77.4 cm³/mol. The van der Waals surface area contributed by atoms with Crippen LogP contribution < -0.4 is 4.90 Å². The Balaban J connectivity index is 2.26. The van der Waals surface area contributed by atoms with Gasteiger partial charge in [-0.05, 0) is 39.3 Å². The second-order valence-electron chi connectivity index (χ2n) is 5.87. The van der Waals surface area contributed by atoms with Crippen LogP contribution in [-0.2, 0) is 9.53 Å². The Bertz CT molecular complexity index is 558. The van der Waals surface area contributed by atoms with Gasteiger partial charge in [0.05, 0.1) is 11.5 Å². The fourth-order valence-electron chi connectivity index (χ4n) is 2.40. The Labute approximate surface area is 123 Å². The minimum Gasteiger partial charge on any atom is -0.481 e. The maximum absolute atomic E-state index is 12.1. The standard InChI is InChI=1S/C15H20N2O4/c1-10(2)21-13(18)11-5-4-7-16-12(11)17-8-6-15(3,9-17)14(19)20/h4-5,7,10H,6,8-9H2,1-3H3,(H,19,20). The van der Waals surface area contributed by atoms with E-state index in [0.29, 0.717) is 30.9 Å². The summed E-state index contributed by atoms with van der Waals surface area (Å²) in [6.07, 6.45) is 1.91. The maximum atomic E-state index is 12.1. The number of aliphatic carboxylic acids is 1. The lowest BCUT2D eigenvalue weighted by molar-refractivity contribution is -0.146. The number of pyridine rings is 1. The van der Waals surface area contributed by atoms with Crippen molar-refractivity contribution in [3.63, 3.8) is 0 Å². The maximum Gasteiger partial charge on any atom is 0.342 e. The first-order valence-corrected chi connectivity index (χ1v) is 6.98. The van der Waals surface area contributed by atoms with Crippen LogP contribution in [0.4, 0.5) is 5.82 Å². The lowest BCUT2D eigenvalue weighted by Crippen LogP contribution is -2.32. The van der Waals surface area contributed by atoms with E-state index in [0.717, 1.165) is 0 Å². The molecule has 21 heavy (non-hydrogen) atoms. The van der Waals surface area contributed by atoms with Crippen LogP contribution in [0.5, 0.6) is 0 Å². The Morgan fingerprint density at radius 3 is 2.76 bits per heavy atom. The van der Waals surface area contributed by atoms with E-state index in [4.69, 9.17) is 4.74 Å². The number of anilines is 1. The summed E-state index contributed by atoms with van der Waals surface area (Å²) in [6.45, 7) is 6.17. The van der Waals surface area contributed by atoms with Gasteiger partial charge in [0.15, 0.2) is 0 Å². The molecule has 2 heterocycles. The Kier molecular flexibility index (Phi) is 4.16. The smallest absolute Gasteiger partial charge is 0.342 e. The Hall–Kier alpha value is -2.11. The van der Waals surface area contributed by atoms with E-state index < -0.39 is 17.4 Å². The van der Waals surface area contributed by atoms with E-state index >= 15 is 0 Å². The first-order chi connectivity index (χ1) is 9.83. The van der Waals surface area contributed by atoms with E-state index in [9.17, 15) is 14.7 Å². The van der Waals surface area contributed by atoms with Crippen LogP contribution in [-0.4, -0.2) is 41.2 Å². The summed E-state index contributed by atoms with van der Waals surface area (Å²) in [5.41, 5.74) is -0.433. The lowest BCUT2D eigenvalue weighted by atomic mass is 9.90. The quantitative estimate of drug-likeness (QED) is 0.854. The summed E-state index contributed by atoms with van der Waals surface area (Å²) in [5.74, 6) is -0.766. The molecule has 1 saturated heterocycles. The molecule has 0 saturated carbocycles. The zero-order valence-electron chi connectivity index (χ0n) is 12.5. The van der Waals surface area contributed by atoms with Gasteiger partial charge >= 0.3 is 11.9 Å². The van der Waals surface area contributed by atoms with Crippen LogP contribution in [0.2, 0.25) is 0 Å². The van der Waals surface area contributed by atoms with E-state index in [1.165, 1.54) is 0 Å². The van der Waals surface area contributed by atoms with Gasteiger partial charge < -0.3 is 14.7 Å². The van der Waals surface area contributed by atoms with Gasteiger partial charge in [0, 0.05) is 19.3 Å². The van der Waals surface area contributed by atoms with E-state index in [1.54, 1.807) is 39.1 Å². The molecular formula is C15H20N2O4. The van der Waals surface area contributed by atoms with Crippen LogP contribution in [0.25, 0.3) is 0 Å². The fourth-order valence-corrected chi connectivity index (χ4v) is 2.40. The van der Waals surface area contributed by atoms with E-state index in [-0.39, 0.29) is 6.10 Å². The zero-order valence-corrected chi connectivity index (χ0v) is 12.5. The highest BCUT2D eigenvalue weighted by atomic mass is 16.5. The van der Waals surface area contributed by atoms with Crippen LogP contribution in [0.15, 0.2) is 18.3 Å². The number of rotatable bonds is 4. The molecule has 1 aromatic rings. The number of nitrogens with zero attached hydrogens (tertiary/aromatic N) is 2. The van der Waals surface area contributed by atoms with E-state index in [1.807, 2.05) is 4.90 Å². The van der Waals surface area contributed by atoms with Crippen LogP contribution >= 0.6 is 0 Å². The van der Waals surface area contributed by atoms with Gasteiger partial charge in [-0.25, -0.2) is 9.78 Å². The normalized spacial score (nSPS) is 21.6. The van der Waals surface area contributed by atoms with Crippen molar-refractivity contribution in [1.29, 1.82) is 0 Å². The second kappa shape index (κ2) is 5.71. The summed E-state index contributed by atoms with van der Waals surface area (Å²) < 4.78 is 5.21. The first kappa shape index (κ1) is 15.3. The van der Waals surface area contributed by atoms with Gasteiger partial charge in [0.1, 0.15) is 11.4 Å². The molecule has 1 atom stereocenters. The highest BCUT2D eigenvalue weighted by molar-refractivity contribution is 5.95. The molecule has 6 nitrogen and oxygen atoms in total. The average Bonchev–Trinajstić information content (AvgIpc) is 2.82. The van der Waals surface area contributed by atoms with Gasteiger partial charge in [-0.3, -0.25) is 4.79 Å².